The third kappa shape index (κ3) is 7.45. The lowest BCUT2D eigenvalue weighted by Gasteiger charge is -2.13. The van der Waals surface area contributed by atoms with Crippen LogP contribution in [-0.2, 0) is 13.2 Å². The molecule has 6 nitrogen and oxygen atoms in total. The Bertz CT molecular complexity index is 1340. The third-order valence-corrected chi connectivity index (χ3v) is 5.55. The van der Waals surface area contributed by atoms with Crippen molar-refractivity contribution in [1.29, 1.82) is 0 Å². The van der Waals surface area contributed by atoms with Crippen LogP contribution in [0.15, 0.2) is 102 Å². The quantitative estimate of drug-likeness (QED) is 0.196. The van der Waals surface area contributed by atoms with Crippen molar-refractivity contribution in [2.24, 2.45) is 5.10 Å². The molecule has 0 aliphatic carbocycles. The Morgan fingerprint density at radius 3 is 2.19 bits per heavy atom. The molecular weight excluding hydrogens is 464 g/mol. The summed E-state index contributed by atoms with van der Waals surface area (Å²) in [6.07, 6.45) is 1.57. The number of hydrogen-bond acceptors (Lipinski definition) is 5. The molecule has 0 fully saturated rings. The van der Waals surface area contributed by atoms with Gasteiger partial charge in [-0.3, -0.25) is 4.79 Å². The van der Waals surface area contributed by atoms with Crippen molar-refractivity contribution < 1.29 is 19.0 Å². The standard InChI is InChI=1S/C31H30N2O4/c1-3-35-30-19-26(17-18-29(30)37-21-24-9-5-4-6-10-24)31(34)33-32-20-27-11-7-8-12-28(27)36-22-25-15-13-23(2)14-16-25/h4-20H,3,21-22H2,1-2H3,(H,33,34)/b32-20+. The molecule has 0 atom stereocenters. The molecule has 1 N–H and O–H groups in total. The van der Waals surface area contributed by atoms with Gasteiger partial charge in [0.2, 0.25) is 0 Å². The van der Waals surface area contributed by atoms with E-state index in [0.29, 0.717) is 42.6 Å². The molecule has 0 saturated heterocycles. The molecule has 4 rings (SSSR count). The fraction of sp³-hybridized carbons (Fsp3) is 0.161. The predicted octanol–water partition coefficient (Wildman–Crippen LogP) is 6.32. The number of hydrogen-bond donors (Lipinski definition) is 1. The van der Waals surface area contributed by atoms with Gasteiger partial charge in [0, 0.05) is 11.1 Å². The largest absolute Gasteiger partial charge is 0.490 e. The summed E-state index contributed by atoms with van der Waals surface area (Å²) in [4.78, 5) is 12.8. The first-order valence-corrected chi connectivity index (χ1v) is 12.2. The normalized spacial score (nSPS) is 10.8. The molecular formula is C31H30N2O4. The fourth-order valence-electron chi connectivity index (χ4n) is 3.56. The molecule has 0 bridgehead atoms. The lowest BCUT2D eigenvalue weighted by atomic mass is 10.1. The van der Waals surface area contributed by atoms with Gasteiger partial charge >= 0.3 is 0 Å². The van der Waals surface area contributed by atoms with Crippen LogP contribution >= 0.6 is 0 Å². The highest BCUT2D eigenvalue weighted by Gasteiger charge is 2.12. The van der Waals surface area contributed by atoms with Crippen LogP contribution in [0, 0.1) is 6.92 Å². The number of hydrazone groups is 1. The maximum absolute atomic E-state index is 12.8. The molecule has 0 unspecified atom stereocenters. The van der Waals surface area contributed by atoms with Crippen molar-refractivity contribution in [3.05, 3.63) is 125 Å². The average molecular weight is 495 g/mol. The van der Waals surface area contributed by atoms with Gasteiger partial charge in [-0.2, -0.15) is 5.10 Å². The first-order chi connectivity index (χ1) is 18.1. The van der Waals surface area contributed by atoms with Crippen LogP contribution in [0.1, 0.15) is 39.5 Å². The zero-order valence-electron chi connectivity index (χ0n) is 21.0. The molecule has 1 amide bonds. The molecule has 0 aromatic heterocycles. The van der Waals surface area contributed by atoms with Crippen LogP contribution in [0.25, 0.3) is 0 Å². The van der Waals surface area contributed by atoms with Gasteiger partial charge in [-0.05, 0) is 55.3 Å². The predicted molar refractivity (Wildman–Crippen MR) is 145 cm³/mol. The second kappa shape index (κ2) is 12.9. The van der Waals surface area contributed by atoms with E-state index in [4.69, 9.17) is 14.2 Å². The molecule has 0 aliphatic rings. The molecule has 0 saturated carbocycles. The van der Waals surface area contributed by atoms with Crippen LogP contribution in [0.4, 0.5) is 0 Å². The van der Waals surface area contributed by atoms with Gasteiger partial charge in [-0.1, -0.05) is 72.3 Å². The molecule has 4 aromatic carbocycles. The van der Waals surface area contributed by atoms with Crippen molar-refractivity contribution in [2.45, 2.75) is 27.1 Å². The monoisotopic (exact) mass is 494 g/mol. The number of rotatable bonds is 11. The Labute approximate surface area is 217 Å². The smallest absolute Gasteiger partial charge is 0.271 e. The third-order valence-electron chi connectivity index (χ3n) is 5.55. The number of benzene rings is 4. The van der Waals surface area contributed by atoms with Gasteiger partial charge in [0.15, 0.2) is 11.5 Å². The lowest BCUT2D eigenvalue weighted by molar-refractivity contribution is 0.0954. The van der Waals surface area contributed by atoms with Crippen molar-refractivity contribution in [1.82, 2.24) is 5.43 Å². The molecule has 6 heteroatoms. The molecule has 0 aliphatic heterocycles. The van der Waals surface area contributed by atoms with Gasteiger partial charge < -0.3 is 14.2 Å². The van der Waals surface area contributed by atoms with Gasteiger partial charge in [0.05, 0.1) is 12.8 Å². The highest BCUT2D eigenvalue weighted by Crippen LogP contribution is 2.29. The van der Waals surface area contributed by atoms with Crippen molar-refractivity contribution in [3.8, 4) is 17.2 Å². The topological polar surface area (TPSA) is 69.2 Å². The second-order valence-corrected chi connectivity index (χ2v) is 8.38. The maximum atomic E-state index is 12.8. The Balaban J connectivity index is 1.38. The van der Waals surface area contributed by atoms with Gasteiger partial charge in [0.1, 0.15) is 19.0 Å². The van der Waals surface area contributed by atoms with E-state index in [2.05, 4.69) is 29.6 Å². The fourth-order valence-corrected chi connectivity index (χ4v) is 3.56. The average Bonchev–Trinajstić information content (AvgIpc) is 2.93. The summed E-state index contributed by atoms with van der Waals surface area (Å²) < 4.78 is 17.6. The summed E-state index contributed by atoms with van der Waals surface area (Å²) in [5.74, 6) is 1.40. The molecule has 0 radical (unpaired) electrons. The van der Waals surface area contributed by atoms with Gasteiger partial charge in [-0.15, -0.1) is 0 Å². The van der Waals surface area contributed by atoms with E-state index in [1.807, 2.05) is 73.7 Å². The van der Waals surface area contributed by atoms with Crippen molar-refractivity contribution in [3.63, 3.8) is 0 Å². The minimum Gasteiger partial charge on any atom is -0.490 e. The van der Waals surface area contributed by atoms with Gasteiger partial charge in [0.25, 0.3) is 5.91 Å². The second-order valence-electron chi connectivity index (χ2n) is 8.38. The molecule has 37 heavy (non-hydrogen) atoms. The minimum absolute atomic E-state index is 0.357. The number of ether oxygens (including phenoxy) is 3. The van der Waals surface area contributed by atoms with Crippen LogP contribution < -0.4 is 19.6 Å². The number of nitrogens with zero attached hydrogens (tertiary/aromatic N) is 1. The maximum Gasteiger partial charge on any atom is 0.271 e. The SMILES string of the molecule is CCOc1cc(C(=O)N/N=C/c2ccccc2OCc2ccc(C)cc2)ccc1OCc1ccccc1. The summed E-state index contributed by atoms with van der Waals surface area (Å²) >= 11 is 0. The zero-order valence-corrected chi connectivity index (χ0v) is 21.0. The summed E-state index contributed by atoms with van der Waals surface area (Å²) in [7, 11) is 0. The van der Waals surface area contributed by atoms with E-state index in [9.17, 15) is 4.79 Å². The first-order valence-electron chi connectivity index (χ1n) is 12.2. The summed E-state index contributed by atoms with van der Waals surface area (Å²) in [5, 5.41) is 4.14. The summed E-state index contributed by atoms with van der Waals surface area (Å²) in [6.45, 7) is 5.23. The van der Waals surface area contributed by atoms with Crippen molar-refractivity contribution in [2.75, 3.05) is 6.61 Å². The van der Waals surface area contributed by atoms with Crippen LogP contribution in [-0.4, -0.2) is 18.7 Å². The molecule has 188 valence electrons. The first kappa shape index (κ1) is 25.5. The zero-order chi connectivity index (χ0) is 25.9. The Morgan fingerprint density at radius 1 is 0.757 bits per heavy atom. The van der Waals surface area contributed by atoms with Crippen LogP contribution in [0.5, 0.6) is 17.2 Å². The number of carbonyl (C=O) groups is 1. The van der Waals surface area contributed by atoms with Gasteiger partial charge in [-0.25, -0.2) is 5.43 Å². The Kier molecular flexibility index (Phi) is 8.92. The molecule has 0 heterocycles. The Morgan fingerprint density at radius 2 is 1.43 bits per heavy atom. The summed E-state index contributed by atoms with van der Waals surface area (Å²) in [5.41, 5.74) is 7.08. The minimum atomic E-state index is -0.357. The van der Waals surface area contributed by atoms with E-state index in [-0.39, 0.29) is 5.91 Å². The number of nitrogens with one attached hydrogen (secondary N) is 1. The number of aryl methyl sites for hydroxylation is 1. The van der Waals surface area contributed by atoms with Crippen LogP contribution in [0.3, 0.4) is 0 Å². The lowest BCUT2D eigenvalue weighted by Crippen LogP contribution is -2.18. The Hall–Kier alpha value is -4.58. The number of para-hydroxylation sites is 1. The summed E-state index contributed by atoms with van der Waals surface area (Å²) in [6, 6.07) is 30.7. The number of carbonyl (C=O) groups excluding carboxylic acids is 1. The van der Waals surface area contributed by atoms with E-state index in [0.717, 1.165) is 16.7 Å². The van der Waals surface area contributed by atoms with Crippen molar-refractivity contribution >= 4 is 12.1 Å². The van der Waals surface area contributed by atoms with E-state index in [1.165, 1.54) is 5.56 Å². The van der Waals surface area contributed by atoms with E-state index in [1.54, 1.807) is 24.4 Å². The highest BCUT2D eigenvalue weighted by molar-refractivity contribution is 5.95. The van der Waals surface area contributed by atoms with E-state index >= 15 is 0 Å². The molecule has 0 spiro atoms. The number of amides is 1. The highest BCUT2D eigenvalue weighted by atomic mass is 16.5. The van der Waals surface area contributed by atoms with Crippen LogP contribution in [0.2, 0.25) is 0 Å². The molecule has 4 aromatic rings. The van der Waals surface area contributed by atoms with E-state index < -0.39 is 0 Å².